The lowest BCUT2D eigenvalue weighted by Gasteiger charge is -2.23. The Labute approximate surface area is 164 Å². The molecule has 4 nitrogen and oxygen atoms in total. The molecule has 3 rings (SSSR count). The molecule has 1 aliphatic rings. The molecule has 1 aliphatic heterocycles. The highest BCUT2D eigenvalue weighted by Crippen LogP contribution is 2.30. The fraction of sp³-hybridized carbons (Fsp3) is 0.333. The third-order valence-electron chi connectivity index (χ3n) is 4.36. The largest absolute Gasteiger partial charge is 0.417 e. The van der Waals surface area contributed by atoms with Crippen LogP contribution in [0.1, 0.15) is 22.3 Å². The molecule has 1 fully saturated rings. The standard InChI is InChI=1S/C18H16Cl2F3N3O/c19-14-4-1-3-13(16(14)20)17(27)26-8-2-7-25(9-10-26)15-6-5-12(11-24-15)18(21,22)23/h1,3-6,11H,2,7-10H2. The lowest BCUT2D eigenvalue weighted by Crippen LogP contribution is -2.35. The number of benzene rings is 1. The summed E-state index contributed by atoms with van der Waals surface area (Å²) >= 11 is 12.1. The van der Waals surface area contributed by atoms with Crippen molar-refractivity contribution in [3.63, 3.8) is 0 Å². The van der Waals surface area contributed by atoms with Gasteiger partial charge in [-0.15, -0.1) is 0 Å². The van der Waals surface area contributed by atoms with Crippen LogP contribution in [0.2, 0.25) is 10.0 Å². The quantitative estimate of drug-likeness (QED) is 0.706. The highest BCUT2D eigenvalue weighted by Gasteiger charge is 2.31. The van der Waals surface area contributed by atoms with Crippen molar-refractivity contribution < 1.29 is 18.0 Å². The number of amides is 1. The molecule has 9 heteroatoms. The summed E-state index contributed by atoms with van der Waals surface area (Å²) in [4.78, 5) is 20.2. The number of hydrogen-bond acceptors (Lipinski definition) is 3. The van der Waals surface area contributed by atoms with Gasteiger partial charge in [0.15, 0.2) is 0 Å². The van der Waals surface area contributed by atoms with Crippen LogP contribution >= 0.6 is 23.2 Å². The molecule has 1 saturated heterocycles. The average Bonchev–Trinajstić information content (AvgIpc) is 2.89. The van der Waals surface area contributed by atoms with E-state index in [4.69, 9.17) is 23.2 Å². The van der Waals surface area contributed by atoms with Crippen molar-refractivity contribution in [1.29, 1.82) is 0 Å². The SMILES string of the molecule is O=C(c1cccc(Cl)c1Cl)N1CCCN(c2ccc(C(F)(F)F)cn2)CC1. The van der Waals surface area contributed by atoms with E-state index in [9.17, 15) is 18.0 Å². The molecular weight excluding hydrogens is 402 g/mol. The van der Waals surface area contributed by atoms with Crippen molar-refractivity contribution in [1.82, 2.24) is 9.88 Å². The van der Waals surface area contributed by atoms with Crippen LogP contribution < -0.4 is 4.90 Å². The number of alkyl halides is 3. The van der Waals surface area contributed by atoms with E-state index in [1.165, 1.54) is 6.07 Å². The molecule has 2 heterocycles. The Balaban J connectivity index is 1.70. The minimum absolute atomic E-state index is 0.217. The fourth-order valence-corrected chi connectivity index (χ4v) is 3.31. The van der Waals surface area contributed by atoms with E-state index in [0.717, 1.165) is 12.3 Å². The number of nitrogens with zero attached hydrogens (tertiary/aromatic N) is 3. The smallest absolute Gasteiger partial charge is 0.355 e. The molecule has 1 amide bonds. The molecule has 1 aromatic heterocycles. The Morgan fingerprint density at radius 2 is 1.81 bits per heavy atom. The summed E-state index contributed by atoms with van der Waals surface area (Å²) in [6.07, 6.45) is -2.93. The van der Waals surface area contributed by atoms with Gasteiger partial charge in [-0.05, 0) is 30.7 Å². The Bertz CT molecular complexity index is 828. The zero-order valence-electron chi connectivity index (χ0n) is 14.1. The molecule has 0 bridgehead atoms. The number of halogens is 5. The van der Waals surface area contributed by atoms with Crippen LogP contribution in [-0.4, -0.2) is 42.0 Å². The van der Waals surface area contributed by atoms with Crippen LogP contribution in [0.25, 0.3) is 0 Å². The summed E-state index contributed by atoms with van der Waals surface area (Å²) < 4.78 is 38.0. The Kier molecular flexibility index (Phi) is 5.81. The van der Waals surface area contributed by atoms with Crippen molar-refractivity contribution in [2.24, 2.45) is 0 Å². The lowest BCUT2D eigenvalue weighted by molar-refractivity contribution is -0.137. The number of carbonyl (C=O) groups is 1. The Morgan fingerprint density at radius 1 is 1.04 bits per heavy atom. The van der Waals surface area contributed by atoms with Gasteiger partial charge in [0.2, 0.25) is 0 Å². The first kappa shape index (κ1) is 19.8. The molecule has 0 atom stereocenters. The van der Waals surface area contributed by atoms with Crippen LogP contribution in [0.5, 0.6) is 0 Å². The summed E-state index contributed by atoms with van der Waals surface area (Å²) in [5.41, 5.74) is -0.446. The normalized spacial score (nSPS) is 15.6. The van der Waals surface area contributed by atoms with Crippen LogP contribution in [-0.2, 0) is 6.18 Å². The highest BCUT2D eigenvalue weighted by molar-refractivity contribution is 6.43. The van der Waals surface area contributed by atoms with Crippen molar-refractivity contribution >= 4 is 34.9 Å². The van der Waals surface area contributed by atoms with Gasteiger partial charge < -0.3 is 9.80 Å². The minimum atomic E-state index is -4.41. The fourth-order valence-electron chi connectivity index (χ4n) is 2.93. The number of anilines is 1. The van der Waals surface area contributed by atoms with E-state index in [0.29, 0.717) is 49.0 Å². The molecule has 0 saturated carbocycles. The molecule has 0 radical (unpaired) electrons. The number of aromatic nitrogens is 1. The molecule has 0 aliphatic carbocycles. The Hall–Kier alpha value is -1.99. The molecule has 0 unspecified atom stereocenters. The minimum Gasteiger partial charge on any atom is -0.355 e. The summed E-state index contributed by atoms with van der Waals surface area (Å²) in [6, 6.07) is 7.27. The van der Waals surface area contributed by atoms with Crippen LogP contribution in [0, 0.1) is 0 Å². The van der Waals surface area contributed by atoms with E-state index in [-0.39, 0.29) is 10.9 Å². The number of pyridine rings is 1. The average molecular weight is 418 g/mol. The summed E-state index contributed by atoms with van der Waals surface area (Å²) in [5.74, 6) is 0.239. The molecular formula is C18H16Cl2F3N3O. The number of hydrogen-bond donors (Lipinski definition) is 0. The molecule has 27 heavy (non-hydrogen) atoms. The first-order valence-corrected chi connectivity index (χ1v) is 9.04. The Morgan fingerprint density at radius 3 is 2.48 bits per heavy atom. The number of carbonyl (C=O) groups excluding carboxylic acids is 1. The maximum atomic E-state index is 12.7. The van der Waals surface area contributed by atoms with Crippen LogP contribution in [0.4, 0.5) is 19.0 Å². The van der Waals surface area contributed by atoms with Crippen molar-refractivity contribution in [3.8, 4) is 0 Å². The second-order valence-corrected chi connectivity index (χ2v) is 6.92. The molecule has 0 spiro atoms. The van der Waals surface area contributed by atoms with Crippen molar-refractivity contribution in [2.75, 3.05) is 31.1 Å². The van der Waals surface area contributed by atoms with E-state index >= 15 is 0 Å². The second kappa shape index (κ2) is 7.94. The van der Waals surface area contributed by atoms with Gasteiger partial charge in [-0.2, -0.15) is 13.2 Å². The van der Waals surface area contributed by atoms with Gasteiger partial charge in [0.1, 0.15) is 5.82 Å². The van der Waals surface area contributed by atoms with Gasteiger partial charge in [-0.3, -0.25) is 4.79 Å². The first-order valence-electron chi connectivity index (χ1n) is 8.29. The molecule has 0 N–H and O–H groups in total. The third-order valence-corrected chi connectivity index (χ3v) is 5.18. The summed E-state index contributed by atoms with van der Waals surface area (Å²) in [5, 5.41) is 0.530. The predicted octanol–water partition coefficient (Wildman–Crippen LogP) is 4.76. The molecule has 1 aromatic carbocycles. The van der Waals surface area contributed by atoms with Crippen molar-refractivity contribution in [2.45, 2.75) is 12.6 Å². The maximum absolute atomic E-state index is 12.7. The van der Waals surface area contributed by atoms with Gasteiger partial charge >= 0.3 is 6.18 Å². The first-order chi connectivity index (χ1) is 12.8. The zero-order valence-corrected chi connectivity index (χ0v) is 15.7. The number of rotatable bonds is 2. The van der Waals surface area contributed by atoms with Gasteiger partial charge in [0.25, 0.3) is 5.91 Å². The monoisotopic (exact) mass is 417 g/mol. The van der Waals surface area contributed by atoms with Gasteiger partial charge in [-0.1, -0.05) is 29.3 Å². The predicted molar refractivity (Wildman–Crippen MR) is 98.4 cm³/mol. The summed E-state index contributed by atoms with van der Waals surface area (Å²) in [7, 11) is 0. The maximum Gasteiger partial charge on any atom is 0.417 e. The van der Waals surface area contributed by atoms with E-state index in [1.54, 1.807) is 23.1 Å². The zero-order chi connectivity index (χ0) is 19.6. The van der Waals surface area contributed by atoms with Gasteiger partial charge in [0, 0.05) is 32.4 Å². The highest BCUT2D eigenvalue weighted by atomic mass is 35.5. The molecule has 144 valence electrons. The van der Waals surface area contributed by atoms with E-state index in [2.05, 4.69) is 4.98 Å². The lowest BCUT2D eigenvalue weighted by atomic mass is 10.2. The van der Waals surface area contributed by atoms with Gasteiger partial charge in [0.05, 0.1) is 21.2 Å². The second-order valence-electron chi connectivity index (χ2n) is 6.14. The third kappa shape index (κ3) is 4.47. The molecule has 2 aromatic rings. The van der Waals surface area contributed by atoms with Crippen LogP contribution in [0.15, 0.2) is 36.5 Å². The summed E-state index contributed by atoms with van der Waals surface area (Å²) in [6.45, 7) is 1.97. The van der Waals surface area contributed by atoms with E-state index in [1.807, 2.05) is 4.90 Å². The van der Waals surface area contributed by atoms with Crippen LogP contribution in [0.3, 0.4) is 0 Å². The van der Waals surface area contributed by atoms with E-state index < -0.39 is 11.7 Å². The topological polar surface area (TPSA) is 36.4 Å². The van der Waals surface area contributed by atoms with Gasteiger partial charge in [-0.25, -0.2) is 4.98 Å². The van der Waals surface area contributed by atoms with Crippen molar-refractivity contribution in [3.05, 3.63) is 57.7 Å².